The molecule has 114 valence electrons. The quantitative estimate of drug-likeness (QED) is 0.698. The minimum Gasteiger partial charge on any atom is -0.352 e. The van der Waals surface area contributed by atoms with E-state index in [1.807, 2.05) is 6.20 Å². The molecule has 0 bridgehead atoms. The van der Waals surface area contributed by atoms with E-state index in [0.717, 1.165) is 37.1 Å². The largest absolute Gasteiger partial charge is 0.352 e. The molecule has 0 saturated heterocycles. The molecule has 0 fully saturated rings. The Labute approximate surface area is 131 Å². The highest BCUT2D eigenvalue weighted by atomic mass is 15.1. The summed E-state index contributed by atoms with van der Waals surface area (Å²) in [4.78, 5) is 10.8. The first-order valence-corrected chi connectivity index (χ1v) is 7.88. The Morgan fingerprint density at radius 3 is 2.77 bits per heavy atom. The van der Waals surface area contributed by atoms with Crippen molar-refractivity contribution in [3.05, 3.63) is 49.2 Å². The molecule has 0 aliphatic carbocycles. The lowest BCUT2D eigenvalue weighted by molar-refractivity contribution is 0.291. The van der Waals surface area contributed by atoms with E-state index in [4.69, 9.17) is 0 Å². The minimum absolute atomic E-state index is 0.986. The van der Waals surface area contributed by atoms with Gasteiger partial charge in [-0.2, -0.15) is 0 Å². The lowest BCUT2D eigenvalue weighted by Gasteiger charge is -2.17. The van der Waals surface area contributed by atoms with Crippen molar-refractivity contribution in [1.82, 2.24) is 19.4 Å². The average Bonchev–Trinajstić information content (AvgIpc) is 3.04. The molecule has 22 heavy (non-hydrogen) atoms. The number of hydrogen-bond acceptors (Lipinski definition) is 3. The molecule has 1 aromatic carbocycles. The van der Waals surface area contributed by atoms with E-state index < -0.39 is 0 Å². The minimum atomic E-state index is 0.986. The summed E-state index contributed by atoms with van der Waals surface area (Å²) in [5, 5.41) is 1.08. The first-order valence-electron chi connectivity index (χ1n) is 7.88. The van der Waals surface area contributed by atoms with E-state index in [1.165, 1.54) is 11.1 Å². The molecule has 0 spiro atoms. The van der Waals surface area contributed by atoms with Crippen LogP contribution in [0.5, 0.6) is 0 Å². The number of nitrogens with zero attached hydrogens (tertiary/aromatic N) is 4. The highest BCUT2D eigenvalue weighted by Crippen LogP contribution is 2.23. The second-order valence-electron chi connectivity index (χ2n) is 5.46. The van der Waals surface area contributed by atoms with Gasteiger partial charge in [-0.1, -0.05) is 19.9 Å². The van der Waals surface area contributed by atoms with Crippen LogP contribution in [-0.2, 0) is 6.54 Å². The van der Waals surface area contributed by atoms with Gasteiger partial charge >= 0.3 is 0 Å². The van der Waals surface area contributed by atoms with Crippen molar-refractivity contribution in [3.63, 3.8) is 0 Å². The number of benzene rings is 1. The van der Waals surface area contributed by atoms with Crippen LogP contribution in [0.1, 0.15) is 13.8 Å². The lowest BCUT2D eigenvalue weighted by atomic mass is 10.1. The number of likely N-dealkylation sites (N-methyl/N-ethyl adjacent to an activating group) is 1. The Hall–Kier alpha value is -2.20. The van der Waals surface area contributed by atoms with Crippen molar-refractivity contribution in [1.29, 1.82) is 0 Å². The van der Waals surface area contributed by atoms with Gasteiger partial charge in [-0.15, -0.1) is 0 Å². The van der Waals surface area contributed by atoms with Crippen LogP contribution in [-0.4, -0.2) is 39.1 Å². The molecule has 0 aliphatic rings. The van der Waals surface area contributed by atoms with Gasteiger partial charge in [0.15, 0.2) is 0 Å². The van der Waals surface area contributed by atoms with Crippen molar-refractivity contribution in [2.75, 3.05) is 19.6 Å². The molecule has 4 nitrogen and oxygen atoms in total. The number of aromatic nitrogens is 3. The van der Waals surface area contributed by atoms with E-state index in [9.17, 15) is 0 Å². The summed E-state index contributed by atoms with van der Waals surface area (Å²) in [5.41, 5.74) is 3.44. The maximum atomic E-state index is 4.27. The highest BCUT2D eigenvalue weighted by Gasteiger charge is 2.04. The van der Waals surface area contributed by atoms with Crippen molar-refractivity contribution in [2.24, 2.45) is 0 Å². The summed E-state index contributed by atoms with van der Waals surface area (Å²) < 4.78 is 2.26. The first-order chi connectivity index (χ1) is 10.8. The Balaban J connectivity index is 1.77. The van der Waals surface area contributed by atoms with E-state index in [2.05, 4.69) is 69.9 Å². The van der Waals surface area contributed by atoms with Crippen molar-refractivity contribution in [3.8, 4) is 11.1 Å². The first kappa shape index (κ1) is 14.7. The Bertz CT molecular complexity index is 743. The van der Waals surface area contributed by atoms with E-state index in [1.54, 1.807) is 6.33 Å². The van der Waals surface area contributed by atoms with Crippen LogP contribution in [0.3, 0.4) is 0 Å². The van der Waals surface area contributed by atoms with Gasteiger partial charge < -0.3 is 9.47 Å². The molecule has 4 heteroatoms. The Morgan fingerprint density at radius 1 is 1.09 bits per heavy atom. The zero-order valence-electron chi connectivity index (χ0n) is 13.2. The van der Waals surface area contributed by atoms with Gasteiger partial charge in [-0.3, -0.25) is 0 Å². The maximum Gasteiger partial charge on any atom is 0.116 e. The normalized spacial score (nSPS) is 11.4. The Kier molecular flexibility index (Phi) is 4.49. The molecule has 2 aromatic heterocycles. The van der Waals surface area contributed by atoms with Crippen molar-refractivity contribution < 1.29 is 0 Å². The predicted octanol–water partition coefficient (Wildman–Crippen LogP) is 3.44. The van der Waals surface area contributed by atoms with Crippen LogP contribution in [0.2, 0.25) is 0 Å². The van der Waals surface area contributed by atoms with E-state index >= 15 is 0 Å². The molecule has 0 saturated carbocycles. The number of fused-ring (bicyclic) bond motifs is 1. The zero-order chi connectivity index (χ0) is 15.4. The number of hydrogen-bond donors (Lipinski definition) is 0. The fourth-order valence-electron chi connectivity index (χ4n) is 2.71. The maximum absolute atomic E-state index is 4.27. The molecule has 0 amide bonds. The molecule has 0 unspecified atom stereocenters. The average molecular weight is 294 g/mol. The van der Waals surface area contributed by atoms with Gasteiger partial charge in [0.05, 0.1) is 5.52 Å². The molecule has 3 rings (SSSR count). The smallest absolute Gasteiger partial charge is 0.116 e. The lowest BCUT2D eigenvalue weighted by Crippen LogP contribution is -2.26. The monoisotopic (exact) mass is 294 g/mol. The van der Waals surface area contributed by atoms with Crippen LogP contribution in [0.4, 0.5) is 0 Å². The van der Waals surface area contributed by atoms with Crippen LogP contribution in [0, 0.1) is 0 Å². The van der Waals surface area contributed by atoms with Crippen LogP contribution in [0.15, 0.2) is 49.2 Å². The van der Waals surface area contributed by atoms with Crippen molar-refractivity contribution in [2.45, 2.75) is 20.4 Å². The second kappa shape index (κ2) is 6.71. The van der Waals surface area contributed by atoms with Gasteiger partial charge in [-0.05, 0) is 42.4 Å². The molecule has 3 aromatic rings. The summed E-state index contributed by atoms with van der Waals surface area (Å²) in [6.45, 7) is 8.75. The highest BCUT2D eigenvalue weighted by molar-refractivity contribution is 5.83. The van der Waals surface area contributed by atoms with Crippen LogP contribution >= 0.6 is 0 Å². The second-order valence-corrected chi connectivity index (χ2v) is 5.46. The molecule has 2 heterocycles. The fraction of sp³-hybridized carbons (Fsp3) is 0.333. The fourth-order valence-corrected chi connectivity index (χ4v) is 2.71. The molecule has 0 aliphatic heterocycles. The van der Waals surface area contributed by atoms with Crippen molar-refractivity contribution >= 4 is 10.9 Å². The van der Waals surface area contributed by atoms with Crippen LogP contribution < -0.4 is 0 Å². The van der Waals surface area contributed by atoms with Gasteiger partial charge in [0.1, 0.15) is 6.33 Å². The van der Waals surface area contributed by atoms with Gasteiger partial charge in [0, 0.05) is 37.1 Å². The molecule has 0 atom stereocenters. The summed E-state index contributed by atoms with van der Waals surface area (Å²) >= 11 is 0. The summed E-state index contributed by atoms with van der Waals surface area (Å²) in [7, 11) is 0. The standard InChI is InChI=1S/C18H22N4/c1-3-21(4-2)9-10-22-8-7-16(13-22)15-5-6-18-17(11-15)12-19-14-20-18/h5-8,11-14H,3-4,9-10H2,1-2H3. The SMILES string of the molecule is CCN(CC)CCn1ccc(-c2ccc3ncncc3c2)c1. The molecule has 0 N–H and O–H groups in total. The van der Waals surface area contributed by atoms with E-state index in [0.29, 0.717) is 0 Å². The molecular formula is C18H22N4. The summed E-state index contributed by atoms with van der Waals surface area (Å²) in [5.74, 6) is 0. The van der Waals surface area contributed by atoms with Crippen LogP contribution in [0.25, 0.3) is 22.0 Å². The third-order valence-corrected chi connectivity index (χ3v) is 4.16. The van der Waals surface area contributed by atoms with Gasteiger partial charge in [-0.25, -0.2) is 9.97 Å². The predicted molar refractivity (Wildman–Crippen MR) is 90.8 cm³/mol. The summed E-state index contributed by atoms with van der Waals surface area (Å²) in [6.07, 6.45) is 7.83. The van der Waals surface area contributed by atoms with Gasteiger partial charge in [0.25, 0.3) is 0 Å². The molecule has 0 radical (unpaired) electrons. The summed E-state index contributed by atoms with van der Waals surface area (Å²) in [6, 6.07) is 8.51. The topological polar surface area (TPSA) is 34.0 Å². The van der Waals surface area contributed by atoms with E-state index in [-0.39, 0.29) is 0 Å². The number of rotatable bonds is 6. The Morgan fingerprint density at radius 2 is 1.95 bits per heavy atom. The third kappa shape index (κ3) is 3.17. The third-order valence-electron chi connectivity index (χ3n) is 4.16. The molecular weight excluding hydrogens is 272 g/mol. The van der Waals surface area contributed by atoms with Gasteiger partial charge in [0.2, 0.25) is 0 Å². The zero-order valence-corrected chi connectivity index (χ0v) is 13.2.